The molecule has 0 saturated heterocycles. The quantitative estimate of drug-likeness (QED) is 0.478. The molecule has 1 fully saturated rings. The number of aryl methyl sites for hydroxylation is 1. The molecule has 0 radical (unpaired) electrons. The second-order valence-electron chi connectivity index (χ2n) is 8.50. The van der Waals surface area contributed by atoms with Gasteiger partial charge in [0, 0.05) is 50.8 Å². The molecule has 33 heavy (non-hydrogen) atoms. The molecule has 0 spiro atoms. The highest BCUT2D eigenvalue weighted by molar-refractivity contribution is 6.33. The van der Waals surface area contributed by atoms with Crippen molar-refractivity contribution in [2.75, 3.05) is 47.1 Å². The lowest BCUT2D eigenvalue weighted by Crippen LogP contribution is -2.32. The van der Waals surface area contributed by atoms with Crippen molar-refractivity contribution in [1.82, 2.24) is 25.5 Å². The Bertz CT molecular complexity index is 1020. The Hall–Kier alpha value is -2.88. The van der Waals surface area contributed by atoms with E-state index in [-0.39, 0.29) is 5.91 Å². The minimum Gasteiger partial charge on any atom is -0.383 e. The molecule has 3 heterocycles. The molecule has 1 aliphatic heterocycles. The lowest BCUT2D eigenvalue weighted by molar-refractivity contribution is -0.116. The van der Waals surface area contributed by atoms with Gasteiger partial charge in [0.25, 0.3) is 5.91 Å². The van der Waals surface area contributed by atoms with Gasteiger partial charge in [-0.25, -0.2) is 5.43 Å². The van der Waals surface area contributed by atoms with Crippen LogP contribution in [0.3, 0.4) is 0 Å². The fraction of sp³-hybridized carbons (Fsp3) is 0.500. The summed E-state index contributed by atoms with van der Waals surface area (Å²) in [7, 11) is 3.46. The molecule has 9 nitrogen and oxygen atoms in total. The average molecular weight is 453 g/mol. The number of ether oxygens (including phenoxy) is 2. The van der Waals surface area contributed by atoms with Crippen LogP contribution < -0.4 is 5.43 Å². The smallest absolute Gasteiger partial charge is 0.273 e. The van der Waals surface area contributed by atoms with Crippen LogP contribution in [0.2, 0.25) is 0 Å². The monoisotopic (exact) mass is 452 g/mol. The molecule has 0 aromatic carbocycles. The Labute approximate surface area is 194 Å². The summed E-state index contributed by atoms with van der Waals surface area (Å²) in [5, 5.41) is 12.0. The Morgan fingerprint density at radius 1 is 1.15 bits per heavy atom. The van der Waals surface area contributed by atoms with Crippen molar-refractivity contribution in [3.63, 3.8) is 0 Å². The summed E-state index contributed by atoms with van der Waals surface area (Å²) in [6, 6.07) is 1.81. The van der Waals surface area contributed by atoms with Gasteiger partial charge in [-0.2, -0.15) is 15.3 Å². The number of hydrogen-bond donors (Lipinski definition) is 2. The first kappa shape index (κ1) is 23.3. The van der Waals surface area contributed by atoms with E-state index >= 15 is 0 Å². The minimum absolute atomic E-state index is 0.206. The first-order valence-corrected chi connectivity index (χ1v) is 11.4. The van der Waals surface area contributed by atoms with E-state index in [1.54, 1.807) is 26.6 Å². The second-order valence-corrected chi connectivity index (χ2v) is 8.50. The van der Waals surface area contributed by atoms with Crippen LogP contribution in [-0.4, -0.2) is 78.8 Å². The van der Waals surface area contributed by atoms with E-state index in [0.717, 1.165) is 43.0 Å². The van der Waals surface area contributed by atoms with Gasteiger partial charge in [0.05, 0.1) is 31.2 Å². The molecule has 0 atom stereocenters. The Morgan fingerprint density at radius 3 is 2.55 bits per heavy atom. The van der Waals surface area contributed by atoms with E-state index in [1.807, 2.05) is 12.1 Å². The zero-order valence-corrected chi connectivity index (χ0v) is 19.6. The predicted molar refractivity (Wildman–Crippen MR) is 126 cm³/mol. The van der Waals surface area contributed by atoms with E-state index < -0.39 is 0 Å². The van der Waals surface area contributed by atoms with E-state index in [0.29, 0.717) is 30.4 Å². The van der Waals surface area contributed by atoms with Crippen molar-refractivity contribution in [1.29, 1.82) is 0 Å². The molecule has 2 N–H and O–H groups in total. The van der Waals surface area contributed by atoms with Crippen LogP contribution in [0.1, 0.15) is 46.8 Å². The third kappa shape index (κ3) is 5.55. The summed E-state index contributed by atoms with van der Waals surface area (Å²) in [5.41, 5.74) is 9.34. The number of amides is 1. The van der Waals surface area contributed by atoms with Gasteiger partial charge in [0.1, 0.15) is 5.71 Å². The lowest BCUT2D eigenvalue weighted by Gasteiger charge is -2.22. The summed E-state index contributed by atoms with van der Waals surface area (Å²) in [5.74, 6) is 0.332. The van der Waals surface area contributed by atoms with E-state index in [1.165, 1.54) is 24.0 Å². The third-order valence-corrected chi connectivity index (χ3v) is 6.19. The summed E-state index contributed by atoms with van der Waals surface area (Å²) in [6.45, 7) is 6.19. The number of methoxy groups -OCH3 is 2. The molecule has 4 rings (SSSR count). The molecule has 0 unspecified atom stereocenters. The molecular weight excluding hydrogens is 420 g/mol. The van der Waals surface area contributed by atoms with Crippen molar-refractivity contribution in [2.24, 2.45) is 5.10 Å². The average Bonchev–Trinajstić information content (AvgIpc) is 3.53. The molecule has 1 aliphatic carbocycles. The first-order valence-electron chi connectivity index (χ1n) is 11.4. The van der Waals surface area contributed by atoms with Gasteiger partial charge < -0.3 is 14.5 Å². The van der Waals surface area contributed by atoms with Crippen LogP contribution in [0.5, 0.6) is 0 Å². The summed E-state index contributed by atoms with van der Waals surface area (Å²) in [6.07, 6.45) is 8.46. The summed E-state index contributed by atoms with van der Waals surface area (Å²) in [4.78, 5) is 18.5. The number of aromatic nitrogens is 3. The fourth-order valence-electron chi connectivity index (χ4n) is 4.29. The largest absolute Gasteiger partial charge is 0.383 e. The normalized spacial score (nSPS) is 17.2. The van der Waals surface area contributed by atoms with Crippen molar-refractivity contribution in [3.8, 4) is 0 Å². The highest BCUT2D eigenvalue weighted by Crippen LogP contribution is 2.45. The maximum Gasteiger partial charge on any atom is 0.273 e. The number of carbonyl (C=O) groups excluding carboxylic acids is 1. The van der Waals surface area contributed by atoms with Crippen LogP contribution in [0.15, 0.2) is 29.1 Å². The van der Waals surface area contributed by atoms with E-state index in [4.69, 9.17) is 9.47 Å². The molecule has 176 valence electrons. The number of nitrogens with zero attached hydrogens (tertiary/aromatic N) is 4. The zero-order valence-electron chi connectivity index (χ0n) is 19.6. The molecule has 2 aliphatic rings. The number of hydrazone groups is 1. The number of nitrogens with one attached hydrogen (secondary N) is 2. The van der Waals surface area contributed by atoms with Gasteiger partial charge in [-0.15, -0.1) is 0 Å². The second kappa shape index (κ2) is 10.8. The maximum atomic E-state index is 12.6. The topological polar surface area (TPSA) is 105 Å². The van der Waals surface area contributed by atoms with Gasteiger partial charge in [0.15, 0.2) is 0 Å². The summed E-state index contributed by atoms with van der Waals surface area (Å²) >= 11 is 0. The number of rotatable bonds is 12. The van der Waals surface area contributed by atoms with Crippen LogP contribution >= 0.6 is 0 Å². The van der Waals surface area contributed by atoms with Crippen molar-refractivity contribution in [2.45, 2.75) is 32.1 Å². The minimum atomic E-state index is -0.206. The molecule has 1 saturated carbocycles. The standard InChI is InChI=1S/C24H32N6O3/c1-16-19(7-9-30(10-12-32-2)11-13-33-3)22(17-4-5-17)21(27-16)14-20-23(28-29-24(20)31)18-6-8-25-26-15-18/h6,8,14-15,17,27H,4-5,7,9-13H2,1-3H3,(H,29,31). The fourth-order valence-corrected chi connectivity index (χ4v) is 4.29. The van der Waals surface area contributed by atoms with Gasteiger partial charge >= 0.3 is 0 Å². The van der Waals surface area contributed by atoms with Crippen molar-refractivity contribution >= 4 is 17.7 Å². The third-order valence-electron chi connectivity index (χ3n) is 6.19. The maximum absolute atomic E-state index is 12.6. The molecule has 9 heteroatoms. The van der Waals surface area contributed by atoms with E-state index in [9.17, 15) is 4.79 Å². The van der Waals surface area contributed by atoms with E-state index in [2.05, 4.69) is 37.5 Å². The lowest BCUT2D eigenvalue weighted by atomic mass is 9.98. The molecule has 2 aromatic rings. The van der Waals surface area contributed by atoms with Gasteiger partial charge in [-0.05, 0) is 55.4 Å². The molecular formula is C24H32N6O3. The van der Waals surface area contributed by atoms with Crippen LogP contribution in [-0.2, 0) is 20.7 Å². The number of hydrogen-bond acceptors (Lipinski definition) is 7. The van der Waals surface area contributed by atoms with Gasteiger partial charge in [-0.3, -0.25) is 9.69 Å². The Balaban J connectivity index is 1.59. The number of aromatic amines is 1. The first-order chi connectivity index (χ1) is 16.1. The number of carbonyl (C=O) groups is 1. The highest BCUT2D eigenvalue weighted by Gasteiger charge is 2.32. The predicted octanol–water partition coefficient (Wildman–Crippen LogP) is 2.05. The van der Waals surface area contributed by atoms with Crippen molar-refractivity contribution < 1.29 is 14.3 Å². The van der Waals surface area contributed by atoms with Gasteiger partial charge in [-0.1, -0.05) is 0 Å². The van der Waals surface area contributed by atoms with Crippen LogP contribution in [0.25, 0.3) is 6.08 Å². The zero-order chi connectivity index (χ0) is 23.2. The van der Waals surface area contributed by atoms with Crippen molar-refractivity contribution in [3.05, 3.63) is 52.1 Å². The molecule has 2 aromatic heterocycles. The number of H-pyrrole nitrogens is 1. The highest BCUT2D eigenvalue weighted by atomic mass is 16.5. The van der Waals surface area contributed by atoms with Gasteiger partial charge in [0.2, 0.25) is 0 Å². The van der Waals surface area contributed by atoms with Crippen LogP contribution in [0, 0.1) is 6.92 Å². The molecule has 0 bridgehead atoms. The Morgan fingerprint density at radius 2 is 1.91 bits per heavy atom. The Kier molecular flexibility index (Phi) is 7.64. The van der Waals surface area contributed by atoms with Crippen LogP contribution in [0.4, 0.5) is 0 Å². The summed E-state index contributed by atoms with van der Waals surface area (Å²) < 4.78 is 10.6. The SMILES string of the molecule is COCCN(CCOC)CCc1c(C)[nH]c(C=C2C(=O)NN=C2c2ccnnc2)c1C1CC1. The molecule has 1 amide bonds.